The maximum absolute atomic E-state index is 12.4. The second-order valence-electron chi connectivity index (χ2n) is 5.95. The largest absolute Gasteiger partial charge is 0.497 e. The van der Waals surface area contributed by atoms with Crippen molar-refractivity contribution >= 4 is 17.3 Å². The molecule has 0 saturated carbocycles. The first-order valence-corrected chi connectivity index (χ1v) is 8.38. The molecule has 0 fully saturated rings. The lowest BCUT2D eigenvalue weighted by atomic mass is 10.00. The lowest BCUT2D eigenvalue weighted by molar-refractivity contribution is -0.114. The highest BCUT2D eigenvalue weighted by molar-refractivity contribution is 6.45. The van der Waals surface area contributed by atoms with Crippen LogP contribution in [0.5, 0.6) is 5.75 Å². The van der Waals surface area contributed by atoms with Gasteiger partial charge in [-0.1, -0.05) is 18.2 Å². The van der Waals surface area contributed by atoms with Crippen LogP contribution < -0.4 is 15.8 Å². The summed E-state index contributed by atoms with van der Waals surface area (Å²) in [6.45, 7) is 0.294. The van der Waals surface area contributed by atoms with E-state index in [1.54, 1.807) is 31.6 Å². The SMILES string of the molecule is COc1cccc(CNC(=O)C(=N)c2cc(-c3ccncc3)ccc2N)c1. The molecule has 136 valence electrons. The summed E-state index contributed by atoms with van der Waals surface area (Å²) in [5, 5.41) is 11.0. The Kier molecular flexibility index (Phi) is 5.47. The van der Waals surface area contributed by atoms with Crippen LogP contribution in [0.25, 0.3) is 11.1 Å². The molecule has 3 rings (SSSR count). The molecule has 0 saturated heterocycles. The zero-order valence-corrected chi connectivity index (χ0v) is 14.9. The van der Waals surface area contributed by atoms with Crippen LogP contribution >= 0.6 is 0 Å². The number of amides is 1. The predicted octanol–water partition coefficient (Wildman–Crippen LogP) is 3.02. The second-order valence-corrected chi connectivity index (χ2v) is 5.95. The highest BCUT2D eigenvalue weighted by atomic mass is 16.5. The molecule has 0 radical (unpaired) electrons. The molecular formula is C21H20N4O2. The smallest absolute Gasteiger partial charge is 0.270 e. The summed E-state index contributed by atoms with van der Waals surface area (Å²) in [4.78, 5) is 16.4. The number of pyridine rings is 1. The van der Waals surface area contributed by atoms with Gasteiger partial charge in [-0.3, -0.25) is 15.2 Å². The minimum Gasteiger partial charge on any atom is -0.497 e. The monoisotopic (exact) mass is 360 g/mol. The number of carbonyl (C=O) groups is 1. The van der Waals surface area contributed by atoms with Crippen molar-refractivity contribution in [2.45, 2.75) is 6.54 Å². The van der Waals surface area contributed by atoms with Crippen LogP contribution in [0.1, 0.15) is 11.1 Å². The molecule has 0 aliphatic carbocycles. The van der Waals surface area contributed by atoms with Gasteiger partial charge in [0.1, 0.15) is 11.5 Å². The molecular weight excluding hydrogens is 340 g/mol. The number of benzene rings is 2. The molecule has 3 aromatic rings. The average Bonchev–Trinajstić information content (AvgIpc) is 2.72. The van der Waals surface area contributed by atoms with Gasteiger partial charge < -0.3 is 15.8 Å². The van der Waals surface area contributed by atoms with E-state index in [-0.39, 0.29) is 5.71 Å². The van der Waals surface area contributed by atoms with Crippen LogP contribution in [-0.4, -0.2) is 23.7 Å². The van der Waals surface area contributed by atoms with Gasteiger partial charge in [0.2, 0.25) is 0 Å². The quantitative estimate of drug-likeness (QED) is 0.464. The van der Waals surface area contributed by atoms with E-state index in [0.29, 0.717) is 23.5 Å². The van der Waals surface area contributed by atoms with Crippen molar-refractivity contribution < 1.29 is 9.53 Å². The molecule has 2 aromatic carbocycles. The summed E-state index contributed by atoms with van der Waals surface area (Å²) in [6.07, 6.45) is 3.38. The Labute approximate surface area is 157 Å². The fourth-order valence-electron chi connectivity index (χ4n) is 2.67. The Morgan fingerprint density at radius 3 is 2.63 bits per heavy atom. The number of nitrogens with zero attached hydrogens (tertiary/aromatic N) is 1. The molecule has 6 heteroatoms. The maximum atomic E-state index is 12.4. The van der Waals surface area contributed by atoms with E-state index in [9.17, 15) is 4.79 Å². The van der Waals surface area contributed by atoms with Crippen molar-refractivity contribution in [2.24, 2.45) is 0 Å². The fourth-order valence-corrected chi connectivity index (χ4v) is 2.67. The highest BCUT2D eigenvalue weighted by Gasteiger charge is 2.15. The summed E-state index contributed by atoms with van der Waals surface area (Å²) in [5.74, 6) is 0.225. The predicted molar refractivity (Wildman–Crippen MR) is 106 cm³/mol. The normalized spacial score (nSPS) is 10.3. The first-order valence-electron chi connectivity index (χ1n) is 8.38. The van der Waals surface area contributed by atoms with Gasteiger partial charge in [0.15, 0.2) is 0 Å². The topological polar surface area (TPSA) is 101 Å². The van der Waals surface area contributed by atoms with Crippen LogP contribution in [0, 0.1) is 5.41 Å². The van der Waals surface area contributed by atoms with Gasteiger partial charge in [0, 0.05) is 30.2 Å². The molecule has 0 aliphatic heterocycles. The highest BCUT2D eigenvalue weighted by Crippen LogP contribution is 2.23. The van der Waals surface area contributed by atoms with E-state index in [2.05, 4.69) is 10.3 Å². The molecule has 0 atom stereocenters. The van der Waals surface area contributed by atoms with Gasteiger partial charge in [-0.15, -0.1) is 0 Å². The van der Waals surface area contributed by atoms with Gasteiger partial charge in [-0.25, -0.2) is 0 Å². The fraction of sp³-hybridized carbons (Fsp3) is 0.0952. The molecule has 4 N–H and O–H groups in total. The minimum atomic E-state index is -0.489. The lowest BCUT2D eigenvalue weighted by Crippen LogP contribution is -2.31. The van der Waals surface area contributed by atoms with Crippen LogP contribution in [0.3, 0.4) is 0 Å². The molecule has 1 aromatic heterocycles. The third kappa shape index (κ3) is 4.30. The average molecular weight is 360 g/mol. The van der Waals surface area contributed by atoms with Gasteiger partial charge in [-0.05, 0) is 53.1 Å². The van der Waals surface area contributed by atoms with Crippen LogP contribution in [0.4, 0.5) is 5.69 Å². The number of nitrogen functional groups attached to an aromatic ring is 1. The van der Waals surface area contributed by atoms with E-state index in [0.717, 1.165) is 16.7 Å². The zero-order valence-electron chi connectivity index (χ0n) is 14.9. The number of ether oxygens (including phenoxy) is 1. The molecule has 0 spiro atoms. The van der Waals surface area contributed by atoms with Crippen molar-refractivity contribution in [3.05, 3.63) is 78.1 Å². The molecule has 0 aliphatic rings. The van der Waals surface area contributed by atoms with Gasteiger partial charge in [-0.2, -0.15) is 0 Å². The van der Waals surface area contributed by atoms with Gasteiger partial charge >= 0.3 is 0 Å². The van der Waals surface area contributed by atoms with Gasteiger partial charge in [0.05, 0.1) is 7.11 Å². The summed E-state index contributed by atoms with van der Waals surface area (Å²) in [7, 11) is 1.59. The molecule has 0 bridgehead atoms. The van der Waals surface area contributed by atoms with E-state index in [1.807, 2.05) is 42.5 Å². The van der Waals surface area contributed by atoms with Crippen LogP contribution in [0.15, 0.2) is 67.0 Å². The van der Waals surface area contributed by atoms with Crippen LogP contribution in [-0.2, 0) is 11.3 Å². The number of nitrogens with one attached hydrogen (secondary N) is 2. The maximum Gasteiger partial charge on any atom is 0.270 e. The van der Waals surface area contributed by atoms with Crippen molar-refractivity contribution in [1.29, 1.82) is 5.41 Å². The summed E-state index contributed by atoms with van der Waals surface area (Å²) >= 11 is 0. The summed E-state index contributed by atoms with van der Waals surface area (Å²) in [5.41, 5.74) is 9.30. The number of rotatable bonds is 6. The van der Waals surface area contributed by atoms with Crippen molar-refractivity contribution in [2.75, 3.05) is 12.8 Å². The minimum absolute atomic E-state index is 0.175. The Bertz CT molecular complexity index is 971. The zero-order chi connectivity index (χ0) is 19.2. The number of carbonyl (C=O) groups excluding carboxylic acids is 1. The van der Waals surface area contributed by atoms with E-state index in [4.69, 9.17) is 15.9 Å². The molecule has 6 nitrogen and oxygen atoms in total. The van der Waals surface area contributed by atoms with Crippen molar-refractivity contribution in [3.63, 3.8) is 0 Å². The Hall–Kier alpha value is -3.67. The van der Waals surface area contributed by atoms with Gasteiger partial charge in [0.25, 0.3) is 5.91 Å². The standard InChI is InChI=1S/C21H20N4O2/c1-27-17-4-2-3-14(11-17)13-25-21(26)20(23)18-12-16(5-6-19(18)22)15-7-9-24-10-8-15/h2-12,23H,13,22H2,1H3,(H,25,26). The number of hydrogen-bond acceptors (Lipinski definition) is 5. The van der Waals surface area contributed by atoms with Crippen molar-refractivity contribution in [3.8, 4) is 16.9 Å². The van der Waals surface area contributed by atoms with E-state index >= 15 is 0 Å². The summed E-state index contributed by atoms with van der Waals surface area (Å²) < 4.78 is 5.17. The number of nitrogens with two attached hydrogens (primary N) is 1. The lowest BCUT2D eigenvalue weighted by Gasteiger charge is -2.11. The number of hydrogen-bond donors (Lipinski definition) is 3. The number of methoxy groups -OCH3 is 1. The number of anilines is 1. The molecule has 27 heavy (non-hydrogen) atoms. The van der Waals surface area contributed by atoms with E-state index in [1.165, 1.54) is 0 Å². The van der Waals surface area contributed by atoms with Crippen molar-refractivity contribution in [1.82, 2.24) is 10.3 Å². The Morgan fingerprint density at radius 2 is 1.89 bits per heavy atom. The first kappa shape index (κ1) is 18.1. The van der Waals surface area contributed by atoms with Crippen LogP contribution in [0.2, 0.25) is 0 Å². The molecule has 1 amide bonds. The first-order chi connectivity index (χ1) is 13.1. The van der Waals surface area contributed by atoms with E-state index < -0.39 is 5.91 Å². The third-order valence-electron chi connectivity index (χ3n) is 4.15. The molecule has 0 unspecified atom stereocenters. The summed E-state index contributed by atoms with van der Waals surface area (Å²) in [6, 6.07) is 16.4. The Balaban J connectivity index is 1.75. The second kappa shape index (κ2) is 8.14. The third-order valence-corrected chi connectivity index (χ3v) is 4.15. The Morgan fingerprint density at radius 1 is 1.11 bits per heavy atom. The molecule has 1 heterocycles. The number of aromatic nitrogens is 1.